The van der Waals surface area contributed by atoms with Crippen LogP contribution < -0.4 is 5.32 Å². The molecule has 19 heavy (non-hydrogen) atoms. The highest BCUT2D eigenvalue weighted by atomic mass is 32.1. The zero-order valence-electron chi connectivity index (χ0n) is 11.6. The average molecular weight is 282 g/mol. The molecule has 1 atom stereocenters. The van der Waals surface area contributed by atoms with Gasteiger partial charge in [0.25, 0.3) is 0 Å². The van der Waals surface area contributed by atoms with E-state index < -0.39 is 0 Å². The third kappa shape index (κ3) is 4.01. The number of thiocarbonyl (C=S) groups is 1. The number of morpholine rings is 1. The average Bonchev–Trinajstić information content (AvgIpc) is 2.91. The lowest BCUT2D eigenvalue weighted by atomic mass is 10.2. The summed E-state index contributed by atoms with van der Waals surface area (Å²) in [5.41, 5.74) is 1.12. The first-order chi connectivity index (χ1) is 9.18. The number of hydrogen-bond donors (Lipinski definition) is 2. The molecule has 0 radical (unpaired) electrons. The van der Waals surface area contributed by atoms with Crippen LogP contribution >= 0.6 is 12.2 Å². The summed E-state index contributed by atoms with van der Waals surface area (Å²) in [6, 6.07) is 4.15. The van der Waals surface area contributed by atoms with Gasteiger partial charge in [-0.2, -0.15) is 0 Å². The quantitative estimate of drug-likeness (QED) is 0.783. The minimum atomic E-state index is 0.0889. The van der Waals surface area contributed by atoms with Crippen LogP contribution in [0.5, 0.6) is 0 Å². The normalized spacial score (nSPS) is 18.5. The number of nitrogens with one attached hydrogen (secondary N) is 2. The summed E-state index contributed by atoms with van der Waals surface area (Å²) in [5, 5.41) is 3.36. The Balaban J connectivity index is 1.89. The van der Waals surface area contributed by atoms with Crippen LogP contribution in [0, 0.1) is 0 Å². The lowest BCUT2D eigenvalue weighted by molar-refractivity contribution is 0.0365. The molecule has 1 saturated heterocycles. The van der Waals surface area contributed by atoms with Crippen molar-refractivity contribution in [2.24, 2.45) is 0 Å². The summed E-state index contributed by atoms with van der Waals surface area (Å²) in [6.07, 6.45) is 1.93. The summed E-state index contributed by atoms with van der Waals surface area (Å²) in [5.74, 6) is 0. The molecule has 1 aliphatic heterocycles. The Hall–Kier alpha value is -0.950. The van der Waals surface area contributed by atoms with E-state index in [1.807, 2.05) is 26.4 Å². The van der Waals surface area contributed by atoms with Gasteiger partial charge in [0.2, 0.25) is 0 Å². The molecule has 1 aromatic heterocycles. The molecule has 0 aliphatic carbocycles. The molecule has 0 aromatic carbocycles. The monoisotopic (exact) mass is 282 g/mol. The Kier molecular flexibility index (Phi) is 5.33. The van der Waals surface area contributed by atoms with Crippen molar-refractivity contribution in [1.82, 2.24) is 20.1 Å². The number of ether oxygens (including phenoxy) is 1. The lowest BCUT2D eigenvalue weighted by Crippen LogP contribution is -2.46. The van der Waals surface area contributed by atoms with E-state index in [-0.39, 0.29) is 6.04 Å². The molecular weight excluding hydrogens is 260 g/mol. The second-order valence-electron chi connectivity index (χ2n) is 4.92. The Morgan fingerprint density at radius 3 is 2.84 bits per heavy atom. The van der Waals surface area contributed by atoms with Crippen molar-refractivity contribution in [3.05, 3.63) is 24.0 Å². The van der Waals surface area contributed by atoms with Crippen LogP contribution in [0.1, 0.15) is 11.7 Å². The third-order valence-corrected chi connectivity index (χ3v) is 3.63. The number of aromatic nitrogens is 1. The summed E-state index contributed by atoms with van der Waals surface area (Å²) >= 11 is 5.54. The molecule has 1 fully saturated rings. The van der Waals surface area contributed by atoms with Gasteiger partial charge in [0, 0.05) is 25.0 Å². The van der Waals surface area contributed by atoms with Crippen molar-refractivity contribution >= 4 is 17.2 Å². The second-order valence-corrected chi connectivity index (χ2v) is 5.36. The van der Waals surface area contributed by atoms with Gasteiger partial charge in [-0.25, -0.2) is 0 Å². The highest BCUT2D eigenvalue weighted by Crippen LogP contribution is 2.17. The Bertz CT molecular complexity index is 387. The highest BCUT2D eigenvalue weighted by molar-refractivity contribution is 7.80. The van der Waals surface area contributed by atoms with Gasteiger partial charge in [0.15, 0.2) is 0 Å². The molecule has 1 aromatic rings. The summed E-state index contributed by atoms with van der Waals surface area (Å²) in [7, 11) is 4.07. The fourth-order valence-electron chi connectivity index (χ4n) is 2.21. The van der Waals surface area contributed by atoms with E-state index >= 15 is 0 Å². The first-order valence-electron chi connectivity index (χ1n) is 6.56. The van der Waals surface area contributed by atoms with E-state index in [1.54, 1.807) is 0 Å². The van der Waals surface area contributed by atoms with Crippen LogP contribution in [0.25, 0.3) is 0 Å². The van der Waals surface area contributed by atoms with Crippen molar-refractivity contribution in [2.75, 3.05) is 47.1 Å². The minimum absolute atomic E-state index is 0.0889. The third-order valence-electron chi connectivity index (χ3n) is 3.26. The van der Waals surface area contributed by atoms with Crippen LogP contribution in [0.4, 0.5) is 0 Å². The van der Waals surface area contributed by atoms with Gasteiger partial charge in [-0.05, 0) is 26.2 Å². The van der Waals surface area contributed by atoms with Gasteiger partial charge in [-0.3, -0.25) is 9.80 Å². The van der Waals surface area contributed by atoms with Crippen LogP contribution in [0.3, 0.4) is 0 Å². The Labute approximate surface area is 119 Å². The SMILES string of the molecule is CN(C)C(C(=S)NCN1CCOCC1)c1ccc[nH]1. The van der Waals surface area contributed by atoms with E-state index in [0.717, 1.165) is 43.7 Å². The molecule has 2 N–H and O–H groups in total. The van der Waals surface area contributed by atoms with Gasteiger partial charge in [0.1, 0.15) is 6.04 Å². The summed E-state index contributed by atoms with van der Waals surface area (Å²) in [6.45, 7) is 4.33. The molecule has 2 rings (SSSR count). The molecule has 5 nitrogen and oxygen atoms in total. The molecule has 0 amide bonds. The zero-order valence-corrected chi connectivity index (χ0v) is 12.4. The smallest absolute Gasteiger partial charge is 0.100 e. The standard InChI is InChI=1S/C13H22N4OS/c1-16(2)12(11-4-3-5-14-11)13(19)15-10-17-6-8-18-9-7-17/h3-5,12,14H,6-10H2,1-2H3,(H,15,19). The van der Waals surface area contributed by atoms with Crippen LogP contribution in [-0.4, -0.2) is 66.8 Å². The maximum absolute atomic E-state index is 5.54. The number of H-pyrrole nitrogens is 1. The molecule has 0 bridgehead atoms. The van der Waals surface area contributed by atoms with Gasteiger partial charge in [-0.1, -0.05) is 12.2 Å². The highest BCUT2D eigenvalue weighted by Gasteiger charge is 2.20. The van der Waals surface area contributed by atoms with E-state index in [2.05, 4.69) is 26.2 Å². The predicted octanol–water partition coefficient (Wildman–Crippen LogP) is 0.824. The zero-order chi connectivity index (χ0) is 13.7. The van der Waals surface area contributed by atoms with Crippen molar-refractivity contribution < 1.29 is 4.74 Å². The minimum Gasteiger partial charge on any atom is -0.379 e. The van der Waals surface area contributed by atoms with Crippen LogP contribution in [-0.2, 0) is 4.74 Å². The van der Waals surface area contributed by atoms with Crippen LogP contribution in [0.2, 0.25) is 0 Å². The number of rotatable bonds is 5. The molecule has 2 heterocycles. The van der Waals surface area contributed by atoms with Crippen molar-refractivity contribution in [3.8, 4) is 0 Å². The number of hydrogen-bond acceptors (Lipinski definition) is 4. The Morgan fingerprint density at radius 2 is 2.26 bits per heavy atom. The fourth-order valence-corrected chi connectivity index (χ4v) is 2.62. The molecule has 0 spiro atoms. The van der Waals surface area contributed by atoms with Crippen LogP contribution in [0.15, 0.2) is 18.3 Å². The first-order valence-corrected chi connectivity index (χ1v) is 6.97. The topological polar surface area (TPSA) is 43.5 Å². The lowest BCUT2D eigenvalue weighted by Gasteiger charge is -2.30. The number of likely N-dealkylation sites (N-methyl/N-ethyl adjacent to an activating group) is 1. The summed E-state index contributed by atoms with van der Waals surface area (Å²) < 4.78 is 5.34. The van der Waals surface area contributed by atoms with Crippen molar-refractivity contribution in [1.29, 1.82) is 0 Å². The largest absolute Gasteiger partial charge is 0.379 e. The van der Waals surface area contributed by atoms with Gasteiger partial charge in [-0.15, -0.1) is 0 Å². The summed E-state index contributed by atoms with van der Waals surface area (Å²) in [4.78, 5) is 8.51. The fraction of sp³-hybridized carbons (Fsp3) is 0.615. The van der Waals surface area contributed by atoms with Gasteiger partial charge >= 0.3 is 0 Å². The van der Waals surface area contributed by atoms with E-state index in [9.17, 15) is 0 Å². The first kappa shape index (κ1) is 14.5. The molecule has 106 valence electrons. The molecular formula is C13H22N4OS. The van der Waals surface area contributed by atoms with E-state index in [1.165, 1.54) is 0 Å². The molecule has 1 aliphatic rings. The number of aromatic amines is 1. The van der Waals surface area contributed by atoms with Gasteiger partial charge < -0.3 is 15.0 Å². The predicted molar refractivity (Wildman–Crippen MR) is 80.2 cm³/mol. The maximum Gasteiger partial charge on any atom is 0.100 e. The van der Waals surface area contributed by atoms with E-state index in [4.69, 9.17) is 17.0 Å². The molecule has 1 unspecified atom stereocenters. The van der Waals surface area contributed by atoms with Gasteiger partial charge in [0.05, 0.1) is 24.9 Å². The van der Waals surface area contributed by atoms with Crippen molar-refractivity contribution in [3.63, 3.8) is 0 Å². The second kappa shape index (κ2) is 7.00. The number of nitrogens with zero attached hydrogens (tertiary/aromatic N) is 2. The maximum atomic E-state index is 5.54. The van der Waals surface area contributed by atoms with Crippen molar-refractivity contribution in [2.45, 2.75) is 6.04 Å². The Morgan fingerprint density at radius 1 is 1.53 bits per heavy atom. The molecule has 6 heteroatoms. The molecule has 0 saturated carbocycles. The van der Waals surface area contributed by atoms with E-state index in [0.29, 0.717) is 0 Å².